The molecule has 3 N–H and O–H groups in total. The first-order valence-corrected chi connectivity index (χ1v) is 5.62. The molecule has 0 aliphatic rings. The van der Waals surface area contributed by atoms with Crippen molar-refractivity contribution in [2.24, 2.45) is 5.84 Å². The van der Waals surface area contributed by atoms with Crippen LogP contribution in [0.25, 0.3) is 5.82 Å². The van der Waals surface area contributed by atoms with Gasteiger partial charge in [0, 0.05) is 5.69 Å². The number of nitrogens with zero attached hydrogens (tertiary/aromatic N) is 3. The molecule has 0 aromatic carbocycles. The molecule has 0 saturated carbocycles. The molecule has 94 valence electrons. The van der Waals surface area contributed by atoms with Crippen LogP contribution in [0.2, 0.25) is 5.02 Å². The standard InChI is InChI=1S/C11H12ClN5O/c1-6-5-7(2)17(16-6)9-4-3-8(12)10(14-9)11(18)15-13/h3-5H,13H2,1-2H3,(H,15,18). The molecule has 0 fully saturated rings. The first kappa shape index (κ1) is 12.5. The molecule has 1 amide bonds. The highest BCUT2D eigenvalue weighted by Gasteiger charge is 2.14. The van der Waals surface area contributed by atoms with Gasteiger partial charge in [0.15, 0.2) is 11.5 Å². The fourth-order valence-corrected chi connectivity index (χ4v) is 1.83. The van der Waals surface area contributed by atoms with Crippen molar-refractivity contribution in [3.05, 3.63) is 40.3 Å². The van der Waals surface area contributed by atoms with Crippen LogP contribution in [-0.2, 0) is 0 Å². The minimum absolute atomic E-state index is 0.0734. The van der Waals surface area contributed by atoms with Crippen molar-refractivity contribution < 1.29 is 4.79 Å². The van der Waals surface area contributed by atoms with E-state index in [2.05, 4.69) is 10.1 Å². The Morgan fingerprint density at radius 3 is 2.72 bits per heavy atom. The van der Waals surface area contributed by atoms with E-state index in [0.717, 1.165) is 11.4 Å². The van der Waals surface area contributed by atoms with E-state index in [1.807, 2.05) is 25.3 Å². The Morgan fingerprint density at radius 1 is 1.44 bits per heavy atom. The minimum Gasteiger partial charge on any atom is -0.289 e. The van der Waals surface area contributed by atoms with E-state index in [9.17, 15) is 4.79 Å². The maximum absolute atomic E-state index is 11.5. The maximum atomic E-state index is 11.5. The van der Waals surface area contributed by atoms with E-state index in [1.165, 1.54) is 0 Å². The number of amides is 1. The van der Waals surface area contributed by atoms with Gasteiger partial charge in [-0.2, -0.15) is 5.10 Å². The van der Waals surface area contributed by atoms with Crippen LogP contribution >= 0.6 is 11.6 Å². The summed E-state index contributed by atoms with van der Waals surface area (Å²) in [6, 6.07) is 5.19. The van der Waals surface area contributed by atoms with Gasteiger partial charge in [-0.1, -0.05) is 11.6 Å². The van der Waals surface area contributed by atoms with Gasteiger partial charge in [0.05, 0.1) is 10.7 Å². The maximum Gasteiger partial charge on any atom is 0.285 e. The molecule has 2 heterocycles. The lowest BCUT2D eigenvalue weighted by Crippen LogP contribution is -2.31. The number of hydrazine groups is 1. The van der Waals surface area contributed by atoms with Crippen molar-refractivity contribution in [1.29, 1.82) is 0 Å². The molecule has 7 heteroatoms. The number of hydrogen-bond donors (Lipinski definition) is 2. The van der Waals surface area contributed by atoms with Gasteiger partial charge < -0.3 is 0 Å². The van der Waals surface area contributed by atoms with Gasteiger partial charge in [0.2, 0.25) is 0 Å². The van der Waals surface area contributed by atoms with Gasteiger partial charge in [0.25, 0.3) is 5.91 Å². The van der Waals surface area contributed by atoms with Crippen LogP contribution in [0.1, 0.15) is 21.9 Å². The molecule has 6 nitrogen and oxygen atoms in total. The fourth-order valence-electron chi connectivity index (χ4n) is 1.64. The lowest BCUT2D eigenvalue weighted by molar-refractivity contribution is 0.0949. The molecule has 0 unspecified atom stereocenters. The molecular weight excluding hydrogens is 254 g/mol. The van der Waals surface area contributed by atoms with Gasteiger partial charge in [-0.05, 0) is 32.0 Å². The Hall–Kier alpha value is -1.92. The van der Waals surface area contributed by atoms with Gasteiger partial charge in [-0.25, -0.2) is 15.5 Å². The quantitative estimate of drug-likeness (QED) is 0.484. The zero-order valence-electron chi connectivity index (χ0n) is 9.94. The van der Waals surface area contributed by atoms with Crippen LogP contribution in [0.3, 0.4) is 0 Å². The Kier molecular flexibility index (Phi) is 3.31. The van der Waals surface area contributed by atoms with Crippen LogP contribution in [0.5, 0.6) is 0 Å². The zero-order valence-corrected chi connectivity index (χ0v) is 10.7. The molecule has 2 rings (SSSR count). The smallest absolute Gasteiger partial charge is 0.285 e. The average Bonchev–Trinajstić information content (AvgIpc) is 2.68. The van der Waals surface area contributed by atoms with Crippen LogP contribution in [0, 0.1) is 13.8 Å². The second-order valence-electron chi connectivity index (χ2n) is 3.81. The van der Waals surface area contributed by atoms with E-state index < -0.39 is 5.91 Å². The second-order valence-corrected chi connectivity index (χ2v) is 4.22. The summed E-state index contributed by atoms with van der Waals surface area (Å²) >= 11 is 5.89. The molecule has 0 atom stereocenters. The lowest BCUT2D eigenvalue weighted by atomic mass is 10.3. The number of aromatic nitrogens is 3. The van der Waals surface area contributed by atoms with Crippen molar-refractivity contribution in [1.82, 2.24) is 20.2 Å². The Bertz CT molecular complexity index is 607. The Morgan fingerprint density at radius 2 is 2.17 bits per heavy atom. The monoisotopic (exact) mass is 265 g/mol. The summed E-state index contributed by atoms with van der Waals surface area (Å²) < 4.78 is 1.64. The number of rotatable bonds is 2. The molecule has 0 aliphatic heterocycles. The fraction of sp³-hybridized carbons (Fsp3) is 0.182. The number of aryl methyl sites for hydroxylation is 2. The lowest BCUT2D eigenvalue weighted by Gasteiger charge is -2.07. The molecule has 0 bridgehead atoms. The number of halogens is 1. The number of nitrogens with one attached hydrogen (secondary N) is 1. The van der Waals surface area contributed by atoms with E-state index in [4.69, 9.17) is 17.4 Å². The van der Waals surface area contributed by atoms with E-state index in [0.29, 0.717) is 5.82 Å². The van der Waals surface area contributed by atoms with Gasteiger partial charge in [-0.15, -0.1) is 0 Å². The summed E-state index contributed by atoms with van der Waals surface area (Å²) in [5.41, 5.74) is 3.87. The van der Waals surface area contributed by atoms with Crippen molar-refractivity contribution in [2.75, 3.05) is 0 Å². The van der Waals surface area contributed by atoms with Gasteiger partial charge >= 0.3 is 0 Å². The predicted molar refractivity (Wildman–Crippen MR) is 67.5 cm³/mol. The number of nitrogens with two attached hydrogens (primary N) is 1. The highest BCUT2D eigenvalue weighted by Crippen LogP contribution is 2.17. The minimum atomic E-state index is -0.539. The first-order valence-electron chi connectivity index (χ1n) is 5.24. The van der Waals surface area contributed by atoms with Crippen molar-refractivity contribution in [3.8, 4) is 5.82 Å². The Balaban J connectivity index is 2.53. The summed E-state index contributed by atoms with van der Waals surface area (Å²) in [7, 11) is 0. The SMILES string of the molecule is Cc1cc(C)n(-c2ccc(Cl)c(C(=O)NN)n2)n1. The second kappa shape index (κ2) is 4.75. The summed E-state index contributed by atoms with van der Waals surface area (Å²) in [4.78, 5) is 15.7. The molecular formula is C11H12ClN5O. The highest BCUT2D eigenvalue weighted by molar-refractivity contribution is 6.33. The Labute approximate surface area is 109 Å². The van der Waals surface area contributed by atoms with E-state index in [1.54, 1.807) is 16.8 Å². The van der Waals surface area contributed by atoms with Crippen molar-refractivity contribution >= 4 is 17.5 Å². The third kappa shape index (κ3) is 2.20. The number of pyridine rings is 1. The summed E-state index contributed by atoms with van der Waals surface area (Å²) in [6.45, 7) is 3.78. The molecule has 0 saturated heterocycles. The molecule has 2 aromatic rings. The predicted octanol–water partition coefficient (Wildman–Crippen LogP) is 1.14. The third-order valence-electron chi connectivity index (χ3n) is 2.40. The topological polar surface area (TPSA) is 85.8 Å². The third-order valence-corrected chi connectivity index (χ3v) is 2.71. The normalized spacial score (nSPS) is 10.4. The van der Waals surface area contributed by atoms with Crippen molar-refractivity contribution in [3.63, 3.8) is 0 Å². The highest BCUT2D eigenvalue weighted by atomic mass is 35.5. The van der Waals surface area contributed by atoms with E-state index in [-0.39, 0.29) is 10.7 Å². The van der Waals surface area contributed by atoms with Crippen LogP contribution in [-0.4, -0.2) is 20.7 Å². The number of carbonyl (C=O) groups excluding carboxylic acids is 1. The summed E-state index contributed by atoms with van der Waals surface area (Å²) in [5, 5.41) is 4.52. The first-order chi connectivity index (χ1) is 8.52. The zero-order chi connectivity index (χ0) is 13.3. The number of hydrogen-bond acceptors (Lipinski definition) is 4. The molecule has 0 spiro atoms. The largest absolute Gasteiger partial charge is 0.289 e. The van der Waals surface area contributed by atoms with Crippen LogP contribution in [0.15, 0.2) is 18.2 Å². The molecule has 0 radical (unpaired) electrons. The average molecular weight is 266 g/mol. The number of carbonyl (C=O) groups is 1. The van der Waals surface area contributed by atoms with E-state index >= 15 is 0 Å². The molecule has 0 aliphatic carbocycles. The summed E-state index contributed by atoms with van der Waals surface area (Å²) in [6.07, 6.45) is 0. The van der Waals surface area contributed by atoms with Crippen LogP contribution < -0.4 is 11.3 Å². The summed E-state index contributed by atoms with van der Waals surface area (Å²) in [5.74, 6) is 5.05. The van der Waals surface area contributed by atoms with Crippen LogP contribution in [0.4, 0.5) is 0 Å². The number of nitrogen functional groups attached to an aromatic ring is 1. The molecule has 2 aromatic heterocycles. The molecule has 18 heavy (non-hydrogen) atoms. The van der Waals surface area contributed by atoms with Gasteiger partial charge in [-0.3, -0.25) is 10.2 Å². The van der Waals surface area contributed by atoms with Gasteiger partial charge in [0.1, 0.15) is 0 Å². The van der Waals surface area contributed by atoms with Crippen molar-refractivity contribution in [2.45, 2.75) is 13.8 Å².